The van der Waals surface area contributed by atoms with Gasteiger partial charge in [0.15, 0.2) is 0 Å². The molecular weight excluding hydrogens is 386 g/mol. The predicted octanol–water partition coefficient (Wildman–Crippen LogP) is 3.75. The molecule has 3 aromatic rings. The molecule has 3 rings (SSSR count). The van der Waals surface area contributed by atoms with Crippen LogP contribution in [0.25, 0.3) is 5.69 Å². The number of halogens is 1. The predicted molar refractivity (Wildman–Crippen MR) is 106 cm³/mol. The van der Waals surface area contributed by atoms with Crippen LogP contribution in [-0.2, 0) is 4.79 Å². The number of hydrogen-bond donors (Lipinski definition) is 1. The normalized spacial score (nSPS) is 10.6. The molecule has 0 aliphatic carbocycles. The number of ether oxygens (including phenoxy) is 1. The van der Waals surface area contributed by atoms with E-state index in [1.807, 2.05) is 44.2 Å². The summed E-state index contributed by atoms with van der Waals surface area (Å²) in [5.41, 5.74) is 2.24. The number of aromatic nitrogens is 4. The van der Waals surface area contributed by atoms with E-state index in [0.29, 0.717) is 28.2 Å². The minimum atomic E-state index is -0.169. The number of hydrogen-bond acceptors (Lipinski definition) is 6. The first kappa shape index (κ1) is 19.2. The van der Waals surface area contributed by atoms with Crippen molar-refractivity contribution in [3.05, 3.63) is 53.1 Å². The maximum atomic E-state index is 12.3. The second kappa shape index (κ2) is 8.88. The van der Waals surface area contributed by atoms with Crippen LogP contribution in [0.5, 0.6) is 5.75 Å². The number of carbonyl (C=O) groups is 1. The molecule has 0 bridgehead atoms. The molecule has 1 amide bonds. The summed E-state index contributed by atoms with van der Waals surface area (Å²) in [5.74, 6) is 0.662. The summed E-state index contributed by atoms with van der Waals surface area (Å²) in [5, 5.41) is 15.7. The summed E-state index contributed by atoms with van der Waals surface area (Å²) in [6.45, 7) is 4.30. The molecule has 140 valence electrons. The van der Waals surface area contributed by atoms with Crippen LogP contribution in [0, 0.1) is 6.92 Å². The third kappa shape index (κ3) is 4.58. The molecule has 0 saturated heterocycles. The highest BCUT2D eigenvalue weighted by Gasteiger charge is 2.15. The van der Waals surface area contributed by atoms with Crippen molar-refractivity contribution < 1.29 is 9.53 Å². The molecule has 27 heavy (non-hydrogen) atoms. The number of nitrogens with one attached hydrogen (secondary N) is 1. The minimum absolute atomic E-state index is 0.156. The Morgan fingerprint density at radius 2 is 2.07 bits per heavy atom. The van der Waals surface area contributed by atoms with Gasteiger partial charge in [-0.15, -0.1) is 5.10 Å². The van der Waals surface area contributed by atoms with E-state index in [0.717, 1.165) is 11.3 Å². The maximum Gasteiger partial charge on any atom is 0.234 e. The fourth-order valence-corrected chi connectivity index (χ4v) is 3.25. The lowest BCUT2D eigenvalue weighted by Crippen LogP contribution is -2.15. The molecule has 2 aromatic carbocycles. The smallest absolute Gasteiger partial charge is 0.234 e. The SMILES string of the molecule is CCOc1ccccc1-n1nnnc1SCC(=O)Nc1cccc(Cl)c1C. The van der Waals surface area contributed by atoms with Gasteiger partial charge in [-0.3, -0.25) is 4.79 Å². The molecule has 0 saturated carbocycles. The quantitative estimate of drug-likeness (QED) is 0.605. The highest BCUT2D eigenvalue weighted by molar-refractivity contribution is 7.99. The van der Waals surface area contributed by atoms with Crippen LogP contribution in [0.3, 0.4) is 0 Å². The van der Waals surface area contributed by atoms with E-state index in [9.17, 15) is 4.79 Å². The van der Waals surface area contributed by atoms with Gasteiger partial charge in [-0.25, -0.2) is 0 Å². The third-order valence-corrected chi connectivity index (χ3v) is 5.04. The van der Waals surface area contributed by atoms with Crippen molar-refractivity contribution in [2.75, 3.05) is 17.7 Å². The van der Waals surface area contributed by atoms with Crippen LogP contribution in [0.2, 0.25) is 5.02 Å². The fraction of sp³-hybridized carbons (Fsp3) is 0.222. The van der Waals surface area contributed by atoms with Crippen LogP contribution >= 0.6 is 23.4 Å². The van der Waals surface area contributed by atoms with E-state index in [1.165, 1.54) is 11.8 Å². The summed E-state index contributed by atoms with van der Waals surface area (Å²) >= 11 is 7.33. The van der Waals surface area contributed by atoms with Crippen LogP contribution in [0.15, 0.2) is 47.6 Å². The zero-order valence-electron chi connectivity index (χ0n) is 14.8. The lowest BCUT2D eigenvalue weighted by molar-refractivity contribution is -0.113. The van der Waals surface area contributed by atoms with Gasteiger partial charge in [-0.2, -0.15) is 4.68 Å². The van der Waals surface area contributed by atoms with E-state index in [1.54, 1.807) is 16.8 Å². The van der Waals surface area contributed by atoms with Crippen LogP contribution in [0.1, 0.15) is 12.5 Å². The van der Waals surface area contributed by atoms with E-state index in [4.69, 9.17) is 16.3 Å². The summed E-state index contributed by atoms with van der Waals surface area (Å²) in [6, 6.07) is 12.9. The molecule has 7 nitrogen and oxygen atoms in total. The Balaban J connectivity index is 1.70. The van der Waals surface area contributed by atoms with Crippen LogP contribution in [0.4, 0.5) is 5.69 Å². The van der Waals surface area contributed by atoms with Gasteiger partial charge < -0.3 is 10.1 Å². The molecule has 0 spiro atoms. The van der Waals surface area contributed by atoms with Gasteiger partial charge in [0.1, 0.15) is 11.4 Å². The molecule has 1 heterocycles. The lowest BCUT2D eigenvalue weighted by atomic mass is 10.2. The number of carbonyl (C=O) groups excluding carboxylic acids is 1. The van der Waals surface area contributed by atoms with Crippen molar-refractivity contribution in [3.8, 4) is 11.4 Å². The highest BCUT2D eigenvalue weighted by atomic mass is 35.5. The van der Waals surface area contributed by atoms with Crippen LogP contribution in [-0.4, -0.2) is 38.5 Å². The Labute approximate surface area is 166 Å². The molecule has 1 aromatic heterocycles. The number of amides is 1. The number of benzene rings is 2. The fourth-order valence-electron chi connectivity index (χ4n) is 2.39. The molecule has 9 heteroatoms. The van der Waals surface area contributed by atoms with E-state index in [2.05, 4.69) is 20.8 Å². The number of anilines is 1. The molecule has 0 atom stereocenters. The number of nitrogens with zero attached hydrogens (tertiary/aromatic N) is 4. The standard InChI is InChI=1S/C18H18ClN5O2S/c1-3-26-16-10-5-4-9-15(16)24-18(21-22-23-24)27-11-17(25)20-14-8-6-7-13(19)12(14)2/h4-10H,3,11H2,1-2H3,(H,20,25). The Morgan fingerprint density at radius 3 is 2.89 bits per heavy atom. The van der Waals surface area contributed by atoms with Crippen molar-refractivity contribution in [3.63, 3.8) is 0 Å². The van der Waals surface area contributed by atoms with Crippen molar-refractivity contribution in [1.29, 1.82) is 0 Å². The van der Waals surface area contributed by atoms with E-state index >= 15 is 0 Å². The molecule has 0 aliphatic heterocycles. The van der Waals surface area contributed by atoms with Crippen molar-refractivity contribution >= 4 is 35.0 Å². The zero-order chi connectivity index (χ0) is 19.2. The Hall–Kier alpha value is -2.58. The summed E-state index contributed by atoms with van der Waals surface area (Å²) < 4.78 is 7.19. The largest absolute Gasteiger partial charge is 0.492 e. The second-order valence-corrected chi connectivity index (χ2v) is 6.87. The average molecular weight is 404 g/mol. The molecular formula is C18H18ClN5O2S. The van der Waals surface area contributed by atoms with Gasteiger partial charge in [-0.1, -0.05) is 41.6 Å². The summed E-state index contributed by atoms with van der Waals surface area (Å²) in [4.78, 5) is 12.3. The summed E-state index contributed by atoms with van der Waals surface area (Å²) in [6.07, 6.45) is 0. The molecule has 0 radical (unpaired) electrons. The van der Waals surface area contributed by atoms with Crippen molar-refractivity contribution in [2.24, 2.45) is 0 Å². The molecule has 0 fully saturated rings. The molecule has 1 N–H and O–H groups in total. The number of para-hydroxylation sites is 2. The number of thioether (sulfide) groups is 1. The van der Waals surface area contributed by atoms with Gasteiger partial charge >= 0.3 is 0 Å². The number of tetrazole rings is 1. The maximum absolute atomic E-state index is 12.3. The zero-order valence-corrected chi connectivity index (χ0v) is 16.4. The van der Waals surface area contributed by atoms with Gasteiger partial charge in [0, 0.05) is 10.7 Å². The van der Waals surface area contributed by atoms with Gasteiger partial charge in [0.25, 0.3) is 0 Å². The minimum Gasteiger partial charge on any atom is -0.492 e. The third-order valence-electron chi connectivity index (χ3n) is 3.71. The van der Waals surface area contributed by atoms with Crippen molar-refractivity contribution in [2.45, 2.75) is 19.0 Å². The van der Waals surface area contributed by atoms with Gasteiger partial charge in [-0.05, 0) is 54.1 Å². The first-order valence-corrected chi connectivity index (χ1v) is 9.65. The Kier molecular flexibility index (Phi) is 6.31. The van der Waals surface area contributed by atoms with E-state index < -0.39 is 0 Å². The van der Waals surface area contributed by atoms with Gasteiger partial charge in [0.05, 0.1) is 12.4 Å². The lowest BCUT2D eigenvalue weighted by Gasteiger charge is -2.11. The first-order chi connectivity index (χ1) is 13.1. The van der Waals surface area contributed by atoms with E-state index in [-0.39, 0.29) is 11.7 Å². The second-order valence-electron chi connectivity index (χ2n) is 5.52. The Morgan fingerprint density at radius 1 is 1.26 bits per heavy atom. The topological polar surface area (TPSA) is 81.9 Å². The van der Waals surface area contributed by atoms with Crippen LogP contribution < -0.4 is 10.1 Å². The van der Waals surface area contributed by atoms with Crippen molar-refractivity contribution in [1.82, 2.24) is 20.2 Å². The average Bonchev–Trinajstić information content (AvgIpc) is 3.13. The Bertz CT molecular complexity index is 947. The first-order valence-electron chi connectivity index (χ1n) is 8.28. The van der Waals surface area contributed by atoms with Gasteiger partial charge in [0.2, 0.25) is 11.1 Å². The molecule has 0 unspecified atom stereocenters. The highest BCUT2D eigenvalue weighted by Crippen LogP contribution is 2.27. The molecule has 0 aliphatic rings. The summed E-state index contributed by atoms with van der Waals surface area (Å²) in [7, 11) is 0. The monoisotopic (exact) mass is 403 g/mol. The number of rotatable bonds is 7.